The standard InChI is InChI=1S/C21H15ClN2O7/c22-14-3-10-19(18(11-14)24(28)29)31-17-8-1-13(2-9-17)21(27)30-12-20(26)23-15-4-6-16(25)7-5-15/h1-11,25H,12H2,(H,23,26). The van der Waals surface area contributed by atoms with Gasteiger partial charge in [-0.05, 0) is 60.7 Å². The van der Waals surface area contributed by atoms with Crippen molar-refractivity contribution in [1.82, 2.24) is 0 Å². The van der Waals surface area contributed by atoms with Crippen LogP contribution in [-0.4, -0.2) is 28.5 Å². The number of nitro groups is 1. The minimum absolute atomic E-state index is 0.00405. The summed E-state index contributed by atoms with van der Waals surface area (Å²) in [6.07, 6.45) is 0. The molecule has 0 aliphatic heterocycles. The van der Waals surface area contributed by atoms with E-state index in [4.69, 9.17) is 21.1 Å². The first-order valence-electron chi connectivity index (χ1n) is 8.79. The van der Waals surface area contributed by atoms with Crippen LogP contribution in [0.25, 0.3) is 0 Å². The molecule has 3 rings (SSSR count). The number of anilines is 1. The van der Waals surface area contributed by atoms with Crippen LogP contribution < -0.4 is 10.1 Å². The van der Waals surface area contributed by atoms with Gasteiger partial charge < -0.3 is 19.9 Å². The highest BCUT2D eigenvalue weighted by molar-refractivity contribution is 6.30. The van der Waals surface area contributed by atoms with E-state index < -0.39 is 23.4 Å². The van der Waals surface area contributed by atoms with Crippen molar-refractivity contribution in [3.63, 3.8) is 0 Å². The first-order chi connectivity index (χ1) is 14.8. The minimum atomic E-state index is -0.732. The first kappa shape index (κ1) is 21.6. The smallest absolute Gasteiger partial charge is 0.338 e. The molecule has 0 aliphatic carbocycles. The summed E-state index contributed by atoms with van der Waals surface area (Å²) in [7, 11) is 0. The molecule has 0 saturated carbocycles. The highest BCUT2D eigenvalue weighted by atomic mass is 35.5. The third-order valence-electron chi connectivity index (χ3n) is 3.92. The largest absolute Gasteiger partial charge is 0.508 e. The maximum Gasteiger partial charge on any atom is 0.338 e. The Balaban J connectivity index is 1.57. The molecule has 1 amide bonds. The monoisotopic (exact) mass is 442 g/mol. The number of halogens is 1. The van der Waals surface area contributed by atoms with E-state index in [1.807, 2.05) is 0 Å². The maximum atomic E-state index is 12.1. The van der Waals surface area contributed by atoms with Crippen LogP contribution in [-0.2, 0) is 9.53 Å². The molecular weight excluding hydrogens is 428 g/mol. The van der Waals surface area contributed by atoms with E-state index in [-0.39, 0.29) is 33.5 Å². The number of phenols is 1. The summed E-state index contributed by atoms with van der Waals surface area (Å²) >= 11 is 5.77. The summed E-state index contributed by atoms with van der Waals surface area (Å²) in [5.74, 6) is -0.968. The number of nitrogens with one attached hydrogen (secondary N) is 1. The van der Waals surface area contributed by atoms with Gasteiger partial charge in [0.1, 0.15) is 11.5 Å². The van der Waals surface area contributed by atoms with Crippen LogP contribution in [0.4, 0.5) is 11.4 Å². The van der Waals surface area contributed by atoms with Gasteiger partial charge in [-0.3, -0.25) is 14.9 Å². The Kier molecular flexibility index (Phi) is 6.68. The van der Waals surface area contributed by atoms with Crippen LogP contribution in [0, 0.1) is 10.1 Å². The molecule has 0 saturated heterocycles. The Bertz CT molecular complexity index is 1120. The van der Waals surface area contributed by atoms with Gasteiger partial charge >= 0.3 is 11.7 Å². The number of esters is 1. The predicted octanol–water partition coefficient (Wildman–Crippen LogP) is 4.54. The van der Waals surface area contributed by atoms with Crippen molar-refractivity contribution >= 4 is 34.9 Å². The lowest BCUT2D eigenvalue weighted by atomic mass is 10.2. The number of carbonyl (C=O) groups is 2. The molecule has 0 bridgehead atoms. The van der Waals surface area contributed by atoms with Gasteiger partial charge in [0, 0.05) is 16.8 Å². The highest BCUT2D eigenvalue weighted by Crippen LogP contribution is 2.33. The molecule has 2 N–H and O–H groups in total. The van der Waals surface area contributed by atoms with E-state index in [0.717, 1.165) is 0 Å². The molecule has 9 nitrogen and oxygen atoms in total. The molecule has 0 spiro atoms. The fourth-order valence-corrected chi connectivity index (χ4v) is 2.63. The third kappa shape index (κ3) is 5.94. The zero-order chi connectivity index (χ0) is 22.4. The van der Waals surface area contributed by atoms with Crippen molar-refractivity contribution in [2.45, 2.75) is 0 Å². The summed E-state index contributed by atoms with van der Waals surface area (Å²) < 4.78 is 10.5. The predicted molar refractivity (Wildman–Crippen MR) is 112 cm³/mol. The Labute approximate surface area is 180 Å². The van der Waals surface area contributed by atoms with Gasteiger partial charge in [0.25, 0.3) is 5.91 Å². The third-order valence-corrected chi connectivity index (χ3v) is 4.16. The number of benzene rings is 3. The van der Waals surface area contributed by atoms with E-state index >= 15 is 0 Å². The topological polar surface area (TPSA) is 128 Å². The van der Waals surface area contributed by atoms with Crippen LogP contribution in [0.2, 0.25) is 5.02 Å². The van der Waals surface area contributed by atoms with Crippen molar-refractivity contribution < 1.29 is 29.1 Å². The average molecular weight is 443 g/mol. The fourth-order valence-electron chi connectivity index (χ4n) is 2.46. The van der Waals surface area contributed by atoms with Gasteiger partial charge in [0.05, 0.1) is 10.5 Å². The summed E-state index contributed by atoms with van der Waals surface area (Å²) in [5, 5.41) is 23.1. The fraction of sp³-hybridized carbons (Fsp3) is 0.0476. The van der Waals surface area contributed by atoms with Crippen LogP contribution in [0.5, 0.6) is 17.2 Å². The molecule has 0 aliphatic rings. The molecule has 0 heterocycles. The van der Waals surface area contributed by atoms with Gasteiger partial charge in [-0.25, -0.2) is 4.79 Å². The lowest BCUT2D eigenvalue weighted by Gasteiger charge is -2.08. The summed E-state index contributed by atoms with van der Waals surface area (Å²) in [6, 6.07) is 15.5. The lowest BCUT2D eigenvalue weighted by molar-refractivity contribution is -0.385. The second kappa shape index (κ2) is 9.59. The molecule has 0 aromatic heterocycles. The number of nitro benzene ring substituents is 1. The quantitative estimate of drug-likeness (QED) is 0.238. The number of rotatable bonds is 7. The number of nitrogens with zero attached hydrogens (tertiary/aromatic N) is 1. The van der Waals surface area contributed by atoms with E-state index in [0.29, 0.717) is 5.69 Å². The molecule has 0 fully saturated rings. The number of phenolic OH excluding ortho intramolecular Hbond substituents is 1. The summed E-state index contributed by atoms with van der Waals surface area (Å²) in [5.41, 5.74) is 0.308. The van der Waals surface area contributed by atoms with Crippen LogP contribution >= 0.6 is 11.6 Å². The summed E-state index contributed by atoms with van der Waals surface area (Å²) in [6.45, 7) is -0.505. The molecule has 0 radical (unpaired) electrons. The molecular formula is C21H15ClN2O7. The van der Waals surface area contributed by atoms with Crippen molar-refractivity contribution in [2.24, 2.45) is 0 Å². The van der Waals surface area contributed by atoms with Crippen molar-refractivity contribution in [1.29, 1.82) is 0 Å². The van der Waals surface area contributed by atoms with E-state index in [9.17, 15) is 24.8 Å². The molecule has 10 heteroatoms. The van der Waals surface area contributed by atoms with E-state index in [1.54, 1.807) is 0 Å². The van der Waals surface area contributed by atoms with Gasteiger partial charge in [-0.15, -0.1) is 0 Å². The number of hydrogen-bond donors (Lipinski definition) is 2. The number of amides is 1. The zero-order valence-corrected chi connectivity index (χ0v) is 16.5. The van der Waals surface area contributed by atoms with Gasteiger partial charge in [0.2, 0.25) is 5.75 Å². The minimum Gasteiger partial charge on any atom is -0.508 e. The van der Waals surface area contributed by atoms with Crippen LogP contribution in [0.15, 0.2) is 66.7 Å². The Morgan fingerprint density at radius 2 is 1.71 bits per heavy atom. The average Bonchev–Trinajstić information content (AvgIpc) is 2.75. The molecule has 0 unspecified atom stereocenters. The molecule has 0 atom stereocenters. The van der Waals surface area contributed by atoms with Crippen molar-refractivity contribution in [2.75, 3.05) is 11.9 Å². The zero-order valence-electron chi connectivity index (χ0n) is 15.8. The number of aromatic hydroxyl groups is 1. The van der Waals surface area contributed by atoms with Gasteiger partial charge in [-0.1, -0.05) is 11.6 Å². The second-order valence-corrected chi connectivity index (χ2v) is 6.60. The van der Waals surface area contributed by atoms with E-state index in [1.165, 1.54) is 66.7 Å². The maximum absolute atomic E-state index is 12.1. The van der Waals surface area contributed by atoms with Crippen molar-refractivity contribution in [3.05, 3.63) is 87.4 Å². The SMILES string of the molecule is O=C(COC(=O)c1ccc(Oc2ccc(Cl)cc2[N+](=O)[O-])cc1)Nc1ccc(O)cc1. The second-order valence-electron chi connectivity index (χ2n) is 6.17. The lowest BCUT2D eigenvalue weighted by Crippen LogP contribution is -2.20. The normalized spacial score (nSPS) is 10.2. The van der Waals surface area contributed by atoms with Crippen molar-refractivity contribution in [3.8, 4) is 17.2 Å². The Morgan fingerprint density at radius 1 is 1.03 bits per heavy atom. The van der Waals surface area contributed by atoms with E-state index in [2.05, 4.69) is 5.32 Å². The number of ether oxygens (including phenoxy) is 2. The van der Waals surface area contributed by atoms with Gasteiger partial charge in [-0.2, -0.15) is 0 Å². The van der Waals surface area contributed by atoms with Gasteiger partial charge in [0.15, 0.2) is 6.61 Å². The molecule has 3 aromatic carbocycles. The Morgan fingerprint density at radius 3 is 2.35 bits per heavy atom. The molecule has 3 aromatic rings. The molecule has 158 valence electrons. The first-order valence-corrected chi connectivity index (χ1v) is 9.17. The van der Waals surface area contributed by atoms with Crippen LogP contribution in [0.1, 0.15) is 10.4 Å². The Hall–Kier alpha value is -4.11. The number of hydrogen-bond acceptors (Lipinski definition) is 7. The molecule has 31 heavy (non-hydrogen) atoms. The highest BCUT2D eigenvalue weighted by Gasteiger charge is 2.17. The van der Waals surface area contributed by atoms with Crippen LogP contribution in [0.3, 0.4) is 0 Å². The summed E-state index contributed by atoms with van der Waals surface area (Å²) in [4.78, 5) is 34.5. The number of carbonyl (C=O) groups excluding carboxylic acids is 2.